The SMILES string of the molecule is O=C(O)OCC(Cl)(Cl)Cl.OCC(O)CO. The van der Waals surface area contributed by atoms with Crippen LogP contribution in [0.3, 0.4) is 0 Å². The zero-order valence-corrected chi connectivity index (χ0v) is 9.71. The number of halogens is 3. The molecule has 6 nitrogen and oxygen atoms in total. The predicted octanol–water partition coefficient (Wildman–Crippen LogP) is 0.383. The van der Waals surface area contributed by atoms with Gasteiger partial charge in [0.05, 0.1) is 13.2 Å². The molecular formula is C6H11Cl3O6. The van der Waals surface area contributed by atoms with Crippen molar-refractivity contribution in [3.8, 4) is 0 Å². The van der Waals surface area contributed by atoms with E-state index in [1.807, 2.05) is 0 Å². The summed E-state index contributed by atoms with van der Waals surface area (Å²) in [6.45, 7) is -1.18. The van der Waals surface area contributed by atoms with Crippen molar-refractivity contribution in [2.45, 2.75) is 9.90 Å². The van der Waals surface area contributed by atoms with Gasteiger partial charge in [-0.15, -0.1) is 0 Å². The molecule has 0 heterocycles. The quantitative estimate of drug-likeness (QED) is 0.441. The van der Waals surface area contributed by atoms with Gasteiger partial charge < -0.3 is 25.2 Å². The van der Waals surface area contributed by atoms with Gasteiger partial charge in [0.2, 0.25) is 3.79 Å². The first kappa shape index (κ1) is 17.4. The van der Waals surface area contributed by atoms with Crippen molar-refractivity contribution < 1.29 is 30.0 Å². The van der Waals surface area contributed by atoms with Gasteiger partial charge >= 0.3 is 6.16 Å². The zero-order valence-electron chi connectivity index (χ0n) is 7.44. The molecule has 0 radical (unpaired) electrons. The van der Waals surface area contributed by atoms with Crippen molar-refractivity contribution in [2.75, 3.05) is 19.8 Å². The van der Waals surface area contributed by atoms with Gasteiger partial charge in [0.15, 0.2) is 0 Å². The highest BCUT2D eigenvalue weighted by atomic mass is 35.6. The summed E-state index contributed by atoms with van der Waals surface area (Å²) in [4.78, 5) is 9.65. The van der Waals surface area contributed by atoms with Gasteiger partial charge in [0, 0.05) is 0 Å². The molecule has 0 spiro atoms. The Hall–Kier alpha value is 0.0200. The van der Waals surface area contributed by atoms with Crippen LogP contribution < -0.4 is 0 Å². The Morgan fingerprint density at radius 3 is 1.73 bits per heavy atom. The van der Waals surface area contributed by atoms with Crippen molar-refractivity contribution in [2.24, 2.45) is 0 Å². The molecule has 0 aliphatic rings. The highest BCUT2D eigenvalue weighted by molar-refractivity contribution is 6.67. The van der Waals surface area contributed by atoms with Gasteiger partial charge in [-0.3, -0.25) is 0 Å². The standard InChI is InChI=1S/C3H3Cl3O3.C3H8O3/c4-3(5,6)1-9-2(7)8;4-1-3(6)2-5/h1H2,(H,7,8);3-6H,1-2H2. The van der Waals surface area contributed by atoms with Crippen LogP contribution >= 0.6 is 34.8 Å². The number of ether oxygens (including phenoxy) is 1. The van der Waals surface area contributed by atoms with E-state index in [0.29, 0.717) is 0 Å². The third-order valence-electron chi connectivity index (χ3n) is 0.781. The smallest absolute Gasteiger partial charge is 0.450 e. The monoisotopic (exact) mass is 284 g/mol. The fraction of sp³-hybridized carbons (Fsp3) is 0.833. The fourth-order valence-corrected chi connectivity index (χ4v) is 0.365. The van der Waals surface area contributed by atoms with E-state index in [9.17, 15) is 4.79 Å². The molecule has 92 valence electrons. The largest absolute Gasteiger partial charge is 0.505 e. The van der Waals surface area contributed by atoms with Crippen LogP contribution in [0.4, 0.5) is 4.79 Å². The first-order valence-electron chi connectivity index (χ1n) is 3.55. The highest BCUT2D eigenvalue weighted by Gasteiger charge is 2.21. The first-order valence-corrected chi connectivity index (χ1v) is 4.68. The lowest BCUT2D eigenvalue weighted by Gasteiger charge is -2.07. The second-order valence-corrected chi connectivity index (χ2v) is 4.70. The van der Waals surface area contributed by atoms with Gasteiger partial charge in [-0.2, -0.15) is 0 Å². The highest BCUT2D eigenvalue weighted by Crippen LogP contribution is 2.25. The summed E-state index contributed by atoms with van der Waals surface area (Å²) in [5.41, 5.74) is 0. The maximum absolute atomic E-state index is 9.65. The van der Waals surface area contributed by atoms with E-state index in [1.54, 1.807) is 0 Å². The van der Waals surface area contributed by atoms with E-state index in [-0.39, 0.29) is 13.2 Å². The Bertz CT molecular complexity index is 167. The number of hydrogen-bond donors (Lipinski definition) is 4. The van der Waals surface area contributed by atoms with Crippen molar-refractivity contribution in [3.05, 3.63) is 0 Å². The Morgan fingerprint density at radius 2 is 1.67 bits per heavy atom. The van der Waals surface area contributed by atoms with Crippen molar-refractivity contribution in [1.29, 1.82) is 0 Å². The molecule has 15 heavy (non-hydrogen) atoms. The van der Waals surface area contributed by atoms with E-state index in [4.69, 9.17) is 55.2 Å². The second-order valence-electron chi connectivity index (χ2n) is 2.19. The minimum Gasteiger partial charge on any atom is -0.450 e. The summed E-state index contributed by atoms with van der Waals surface area (Å²) in [5, 5.41) is 31.9. The topological polar surface area (TPSA) is 107 Å². The van der Waals surface area contributed by atoms with Gasteiger partial charge in [-0.1, -0.05) is 34.8 Å². The summed E-state index contributed by atoms with van der Waals surface area (Å²) in [5.74, 6) is 0. The molecule has 0 atom stereocenters. The molecule has 0 amide bonds. The van der Waals surface area contributed by atoms with Crippen LogP contribution in [0, 0.1) is 0 Å². The number of aliphatic hydroxyl groups is 3. The number of alkyl halides is 3. The molecule has 0 rings (SSSR count). The number of rotatable bonds is 3. The lowest BCUT2D eigenvalue weighted by Crippen LogP contribution is -2.15. The van der Waals surface area contributed by atoms with Crippen LogP contribution in [0.15, 0.2) is 0 Å². The summed E-state index contributed by atoms with van der Waals surface area (Å²) in [7, 11) is 0. The molecule has 0 aliphatic carbocycles. The van der Waals surface area contributed by atoms with Crippen LogP contribution in [0.1, 0.15) is 0 Å². The number of aliphatic hydroxyl groups excluding tert-OH is 3. The molecule has 0 bridgehead atoms. The van der Waals surface area contributed by atoms with Crippen LogP contribution in [0.25, 0.3) is 0 Å². The zero-order chi connectivity index (χ0) is 12.5. The van der Waals surface area contributed by atoms with Gasteiger partial charge in [0.25, 0.3) is 0 Å². The van der Waals surface area contributed by atoms with Crippen molar-refractivity contribution in [1.82, 2.24) is 0 Å². The Kier molecular flexibility index (Phi) is 10.8. The maximum atomic E-state index is 9.65. The van der Waals surface area contributed by atoms with Crippen LogP contribution in [-0.2, 0) is 4.74 Å². The molecule has 0 saturated heterocycles. The lowest BCUT2D eigenvalue weighted by molar-refractivity contribution is 0.0450. The number of carbonyl (C=O) groups is 1. The number of carboxylic acid groups (broad SMARTS) is 1. The minimum absolute atomic E-state index is 0.365. The maximum Gasteiger partial charge on any atom is 0.505 e. The number of hydrogen-bond acceptors (Lipinski definition) is 5. The average molecular weight is 286 g/mol. The Labute approximate surface area is 101 Å². The Morgan fingerprint density at radius 1 is 1.27 bits per heavy atom. The molecule has 0 aromatic heterocycles. The molecule has 0 unspecified atom stereocenters. The third-order valence-corrected chi connectivity index (χ3v) is 1.11. The first-order chi connectivity index (χ1) is 6.72. The Balaban J connectivity index is 0. The molecule has 9 heteroatoms. The van der Waals surface area contributed by atoms with E-state index in [2.05, 4.69) is 4.74 Å². The van der Waals surface area contributed by atoms with E-state index >= 15 is 0 Å². The van der Waals surface area contributed by atoms with Crippen LogP contribution in [-0.4, -0.2) is 56.3 Å². The summed E-state index contributed by atoms with van der Waals surface area (Å²) in [6.07, 6.45) is -2.41. The predicted molar refractivity (Wildman–Crippen MR) is 54.4 cm³/mol. The molecule has 4 N–H and O–H groups in total. The molecule has 0 aromatic rings. The van der Waals surface area contributed by atoms with Crippen LogP contribution in [0.5, 0.6) is 0 Å². The lowest BCUT2D eigenvalue weighted by atomic mass is 10.4. The second kappa shape index (κ2) is 9.26. The van der Waals surface area contributed by atoms with Gasteiger partial charge in [-0.05, 0) is 0 Å². The third kappa shape index (κ3) is 20.2. The molecule has 0 aromatic carbocycles. The summed E-state index contributed by atoms with van der Waals surface area (Å²) >= 11 is 15.4. The van der Waals surface area contributed by atoms with Crippen molar-refractivity contribution >= 4 is 41.0 Å². The minimum atomic E-state index is -1.65. The average Bonchev–Trinajstić information content (AvgIpc) is 2.13. The van der Waals surface area contributed by atoms with Gasteiger partial charge in [-0.25, -0.2) is 4.79 Å². The molecule has 0 fully saturated rings. The van der Waals surface area contributed by atoms with Crippen molar-refractivity contribution in [3.63, 3.8) is 0 Å². The fourth-order valence-electron chi connectivity index (χ4n) is 0.201. The summed E-state index contributed by atoms with van der Waals surface area (Å²) in [6, 6.07) is 0. The van der Waals surface area contributed by atoms with E-state index < -0.39 is 22.7 Å². The molecular weight excluding hydrogens is 274 g/mol. The van der Waals surface area contributed by atoms with E-state index in [0.717, 1.165) is 0 Å². The van der Waals surface area contributed by atoms with Crippen LogP contribution in [0.2, 0.25) is 0 Å². The molecule has 0 aliphatic heterocycles. The van der Waals surface area contributed by atoms with E-state index in [1.165, 1.54) is 0 Å². The van der Waals surface area contributed by atoms with Gasteiger partial charge in [0.1, 0.15) is 12.7 Å². The molecule has 0 saturated carbocycles. The normalized spacial score (nSPS) is 10.6. The summed E-state index contributed by atoms with van der Waals surface area (Å²) < 4.78 is 2.27.